The third-order valence-corrected chi connectivity index (χ3v) is 3.22. The number of phenolic OH excluding ortho intramolecular Hbond substituents is 1. The number of nitriles is 1. The molecule has 110 valence electrons. The average molecular weight is 292 g/mol. The van der Waals surface area contributed by atoms with Crippen molar-refractivity contribution in [3.05, 3.63) is 71.3 Å². The van der Waals surface area contributed by atoms with Gasteiger partial charge in [0.05, 0.1) is 6.04 Å². The molecule has 0 bridgehead atoms. The maximum Gasteiger partial charge on any atom is 0.262 e. The molecule has 0 heterocycles. The van der Waals surface area contributed by atoms with Gasteiger partial charge < -0.3 is 10.4 Å². The summed E-state index contributed by atoms with van der Waals surface area (Å²) in [6, 6.07) is 17.5. The third kappa shape index (κ3) is 3.97. The first-order valence-electron chi connectivity index (χ1n) is 6.87. The van der Waals surface area contributed by atoms with E-state index in [0.717, 1.165) is 5.56 Å². The molecule has 0 aliphatic rings. The number of rotatable bonds is 4. The zero-order valence-electron chi connectivity index (χ0n) is 12.2. The Morgan fingerprint density at radius 2 is 1.82 bits per heavy atom. The van der Waals surface area contributed by atoms with E-state index in [-0.39, 0.29) is 17.4 Å². The molecule has 1 atom stereocenters. The van der Waals surface area contributed by atoms with Crippen LogP contribution in [0.2, 0.25) is 0 Å². The number of aromatic hydroxyl groups is 1. The molecule has 4 nitrogen and oxygen atoms in total. The highest BCUT2D eigenvalue weighted by Crippen LogP contribution is 2.15. The number of carbonyl (C=O) groups is 1. The molecule has 0 radical (unpaired) electrons. The van der Waals surface area contributed by atoms with E-state index in [1.807, 2.05) is 43.3 Å². The Morgan fingerprint density at radius 1 is 1.18 bits per heavy atom. The summed E-state index contributed by atoms with van der Waals surface area (Å²) in [5.41, 5.74) is 1.67. The van der Waals surface area contributed by atoms with Gasteiger partial charge in [-0.1, -0.05) is 42.5 Å². The number of hydrogen-bond acceptors (Lipinski definition) is 3. The largest absolute Gasteiger partial charge is 0.508 e. The Balaban J connectivity index is 2.12. The molecule has 22 heavy (non-hydrogen) atoms. The van der Waals surface area contributed by atoms with E-state index in [9.17, 15) is 9.90 Å². The van der Waals surface area contributed by atoms with E-state index in [1.165, 1.54) is 18.2 Å². The van der Waals surface area contributed by atoms with Crippen molar-refractivity contribution in [1.82, 2.24) is 5.32 Å². The minimum atomic E-state index is -0.424. The molecule has 0 aromatic heterocycles. The molecule has 0 spiro atoms. The molecule has 1 unspecified atom stereocenters. The van der Waals surface area contributed by atoms with Crippen molar-refractivity contribution in [2.45, 2.75) is 13.0 Å². The molecule has 2 aromatic rings. The third-order valence-electron chi connectivity index (χ3n) is 3.22. The van der Waals surface area contributed by atoms with Crippen LogP contribution in [0, 0.1) is 11.3 Å². The molecule has 2 aromatic carbocycles. The number of benzene rings is 2. The van der Waals surface area contributed by atoms with Crippen molar-refractivity contribution in [1.29, 1.82) is 5.26 Å². The zero-order valence-corrected chi connectivity index (χ0v) is 12.2. The van der Waals surface area contributed by atoms with Crippen molar-refractivity contribution < 1.29 is 9.90 Å². The van der Waals surface area contributed by atoms with Crippen LogP contribution in [0.4, 0.5) is 0 Å². The van der Waals surface area contributed by atoms with Crippen LogP contribution in [0.5, 0.6) is 5.75 Å². The molecule has 2 rings (SSSR count). The first kappa shape index (κ1) is 15.3. The minimum absolute atomic E-state index is 0.0217. The van der Waals surface area contributed by atoms with Gasteiger partial charge in [0, 0.05) is 0 Å². The monoisotopic (exact) mass is 292 g/mol. The summed E-state index contributed by atoms with van der Waals surface area (Å²) in [7, 11) is 0. The zero-order chi connectivity index (χ0) is 15.9. The lowest BCUT2D eigenvalue weighted by molar-refractivity contribution is -0.117. The Labute approximate surface area is 129 Å². The summed E-state index contributed by atoms with van der Waals surface area (Å²) >= 11 is 0. The molecule has 0 saturated heterocycles. The van der Waals surface area contributed by atoms with Gasteiger partial charge in [-0.05, 0) is 36.3 Å². The van der Waals surface area contributed by atoms with Crippen molar-refractivity contribution in [3.63, 3.8) is 0 Å². The SMILES string of the molecule is CC(NC(=O)/C(C#N)=C/c1ccc(O)cc1)c1ccccc1. The summed E-state index contributed by atoms with van der Waals surface area (Å²) in [5, 5.41) is 21.2. The molecule has 0 aliphatic carbocycles. The summed E-state index contributed by atoms with van der Waals surface area (Å²) in [6.45, 7) is 1.86. The fourth-order valence-corrected chi connectivity index (χ4v) is 1.99. The highest BCUT2D eigenvalue weighted by atomic mass is 16.3. The van der Waals surface area contributed by atoms with Crippen LogP contribution in [0.25, 0.3) is 6.08 Å². The molecule has 0 fully saturated rings. The minimum Gasteiger partial charge on any atom is -0.508 e. The lowest BCUT2D eigenvalue weighted by Gasteiger charge is -2.13. The fraction of sp³-hybridized carbons (Fsp3) is 0.111. The van der Waals surface area contributed by atoms with Gasteiger partial charge >= 0.3 is 0 Å². The topological polar surface area (TPSA) is 73.1 Å². The van der Waals surface area contributed by atoms with Crippen molar-refractivity contribution in [3.8, 4) is 11.8 Å². The second-order valence-electron chi connectivity index (χ2n) is 4.87. The van der Waals surface area contributed by atoms with Crippen LogP contribution in [-0.4, -0.2) is 11.0 Å². The van der Waals surface area contributed by atoms with Gasteiger partial charge in [0.15, 0.2) is 0 Å². The molecular weight excluding hydrogens is 276 g/mol. The van der Waals surface area contributed by atoms with Gasteiger partial charge in [0.2, 0.25) is 0 Å². The number of hydrogen-bond donors (Lipinski definition) is 2. The predicted molar refractivity (Wildman–Crippen MR) is 84.7 cm³/mol. The molecule has 0 aliphatic heterocycles. The Morgan fingerprint density at radius 3 is 2.41 bits per heavy atom. The van der Waals surface area contributed by atoms with Crippen LogP contribution in [0.15, 0.2) is 60.2 Å². The summed E-state index contributed by atoms with van der Waals surface area (Å²) in [6.07, 6.45) is 1.49. The quantitative estimate of drug-likeness (QED) is 0.671. The van der Waals surface area contributed by atoms with Gasteiger partial charge in [-0.3, -0.25) is 4.79 Å². The van der Waals surface area contributed by atoms with Crippen LogP contribution in [0.1, 0.15) is 24.1 Å². The van der Waals surface area contributed by atoms with Gasteiger partial charge in [0.1, 0.15) is 17.4 Å². The van der Waals surface area contributed by atoms with Gasteiger partial charge in [-0.15, -0.1) is 0 Å². The number of nitrogens with one attached hydrogen (secondary N) is 1. The Bertz CT molecular complexity index is 713. The number of carbonyl (C=O) groups excluding carboxylic acids is 1. The van der Waals surface area contributed by atoms with E-state index in [1.54, 1.807) is 12.1 Å². The maximum atomic E-state index is 12.2. The molecule has 1 amide bonds. The van der Waals surface area contributed by atoms with Crippen LogP contribution >= 0.6 is 0 Å². The number of phenols is 1. The Hall–Kier alpha value is -3.06. The smallest absolute Gasteiger partial charge is 0.262 e. The van der Waals surface area contributed by atoms with E-state index in [2.05, 4.69) is 5.32 Å². The van der Waals surface area contributed by atoms with Crippen molar-refractivity contribution in [2.24, 2.45) is 0 Å². The van der Waals surface area contributed by atoms with E-state index in [4.69, 9.17) is 5.26 Å². The van der Waals surface area contributed by atoms with Crippen molar-refractivity contribution in [2.75, 3.05) is 0 Å². The lowest BCUT2D eigenvalue weighted by Crippen LogP contribution is -2.27. The first-order valence-corrected chi connectivity index (χ1v) is 6.87. The maximum absolute atomic E-state index is 12.2. The van der Waals surface area contributed by atoms with Gasteiger partial charge in [-0.2, -0.15) is 5.26 Å². The standard InChI is InChI=1S/C18H16N2O2/c1-13(15-5-3-2-4-6-15)20-18(22)16(12-19)11-14-7-9-17(21)10-8-14/h2-11,13,21H,1H3,(H,20,22)/b16-11+. The first-order chi connectivity index (χ1) is 10.6. The molecular formula is C18H16N2O2. The highest BCUT2D eigenvalue weighted by Gasteiger charge is 2.13. The summed E-state index contributed by atoms with van der Waals surface area (Å²) in [4.78, 5) is 12.2. The van der Waals surface area contributed by atoms with Crippen molar-refractivity contribution >= 4 is 12.0 Å². The average Bonchev–Trinajstić information content (AvgIpc) is 2.55. The molecule has 0 saturated carbocycles. The van der Waals surface area contributed by atoms with E-state index < -0.39 is 5.91 Å². The predicted octanol–water partition coefficient (Wildman–Crippen LogP) is 3.18. The molecule has 4 heteroatoms. The van der Waals surface area contributed by atoms with Crippen LogP contribution in [0.3, 0.4) is 0 Å². The van der Waals surface area contributed by atoms with E-state index >= 15 is 0 Å². The molecule has 2 N–H and O–H groups in total. The Kier molecular flexibility index (Phi) is 4.94. The summed E-state index contributed by atoms with van der Waals surface area (Å²) < 4.78 is 0. The number of amides is 1. The van der Waals surface area contributed by atoms with E-state index in [0.29, 0.717) is 5.56 Å². The second kappa shape index (κ2) is 7.09. The van der Waals surface area contributed by atoms with Crippen LogP contribution < -0.4 is 5.32 Å². The fourth-order valence-electron chi connectivity index (χ4n) is 1.99. The summed E-state index contributed by atoms with van der Waals surface area (Å²) in [5.74, 6) is -0.287. The highest BCUT2D eigenvalue weighted by molar-refractivity contribution is 6.01. The normalized spacial score (nSPS) is 12.3. The van der Waals surface area contributed by atoms with Crippen LogP contribution in [-0.2, 0) is 4.79 Å². The van der Waals surface area contributed by atoms with Gasteiger partial charge in [-0.25, -0.2) is 0 Å². The lowest BCUT2D eigenvalue weighted by atomic mass is 10.1. The van der Waals surface area contributed by atoms with Gasteiger partial charge in [0.25, 0.3) is 5.91 Å². The number of nitrogens with zero attached hydrogens (tertiary/aromatic N) is 1. The second-order valence-corrected chi connectivity index (χ2v) is 4.87.